The van der Waals surface area contributed by atoms with Gasteiger partial charge < -0.3 is 25.0 Å². The summed E-state index contributed by atoms with van der Waals surface area (Å²) >= 11 is 0. The van der Waals surface area contributed by atoms with Crippen LogP contribution in [0, 0.1) is 6.92 Å². The fourth-order valence-corrected chi connectivity index (χ4v) is 1.60. The third-order valence-electron chi connectivity index (χ3n) is 2.74. The van der Waals surface area contributed by atoms with Gasteiger partial charge in [-0.3, -0.25) is 4.98 Å². The lowest BCUT2D eigenvalue weighted by Gasteiger charge is -2.16. The highest BCUT2D eigenvalue weighted by Gasteiger charge is 2.12. The maximum absolute atomic E-state index is 9.91. The smallest absolute Gasteiger partial charge is 0.169 e. The molecule has 0 bridgehead atoms. The number of nitrogens with zero attached hydrogens (tertiary/aromatic N) is 1. The van der Waals surface area contributed by atoms with Gasteiger partial charge in [0.1, 0.15) is 5.75 Å². The number of aromatic hydroxyl groups is 1. The number of methoxy groups -OCH3 is 2. The maximum atomic E-state index is 9.91. The second-order valence-corrected chi connectivity index (χ2v) is 3.89. The lowest BCUT2D eigenvalue weighted by Crippen LogP contribution is -2.29. The SMILES string of the molecule is COC(CNCc1c(CO)cnc(C)c1O)OC. The number of ether oxygens (including phenoxy) is 2. The number of aliphatic hydroxyl groups is 1. The number of hydrogen-bond acceptors (Lipinski definition) is 6. The first-order valence-electron chi connectivity index (χ1n) is 5.67. The van der Waals surface area contributed by atoms with Crippen molar-refractivity contribution in [3.8, 4) is 5.75 Å². The van der Waals surface area contributed by atoms with Crippen molar-refractivity contribution in [3.05, 3.63) is 23.0 Å². The van der Waals surface area contributed by atoms with Crippen molar-refractivity contribution in [2.45, 2.75) is 26.4 Å². The standard InChI is InChI=1S/C12H20N2O4/c1-8-12(16)10(9(7-15)4-14-8)5-13-6-11(17-2)18-3/h4,11,13,15-16H,5-7H2,1-3H3. The molecule has 0 radical (unpaired) electrons. The van der Waals surface area contributed by atoms with Gasteiger partial charge in [-0.2, -0.15) is 0 Å². The van der Waals surface area contributed by atoms with Crippen LogP contribution in [0.4, 0.5) is 0 Å². The number of rotatable bonds is 7. The van der Waals surface area contributed by atoms with Crippen LogP contribution in [0.1, 0.15) is 16.8 Å². The number of hydrogen-bond donors (Lipinski definition) is 3. The van der Waals surface area contributed by atoms with Gasteiger partial charge in [0.2, 0.25) is 0 Å². The van der Waals surface area contributed by atoms with Crippen LogP contribution in [0.3, 0.4) is 0 Å². The molecule has 0 aromatic carbocycles. The van der Waals surface area contributed by atoms with Crippen LogP contribution >= 0.6 is 0 Å². The zero-order valence-electron chi connectivity index (χ0n) is 10.9. The number of aliphatic hydroxyl groups excluding tert-OH is 1. The van der Waals surface area contributed by atoms with E-state index >= 15 is 0 Å². The van der Waals surface area contributed by atoms with Crippen molar-refractivity contribution in [1.29, 1.82) is 0 Å². The normalized spacial score (nSPS) is 11.2. The minimum atomic E-state index is -0.340. The summed E-state index contributed by atoms with van der Waals surface area (Å²) < 4.78 is 10.1. The second-order valence-electron chi connectivity index (χ2n) is 3.89. The maximum Gasteiger partial charge on any atom is 0.169 e. The molecule has 0 amide bonds. The lowest BCUT2D eigenvalue weighted by molar-refractivity contribution is -0.0989. The molecule has 1 aromatic heterocycles. The molecule has 0 atom stereocenters. The second kappa shape index (κ2) is 7.27. The first-order valence-corrected chi connectivity index (χ1v) is 5.67. The lowest BCUT2D eigenvalue weighted by atomic mass is 10.1. The van der Waals surface area contributed by atoms with Crippen LogP contribution in [0.5, 0.6) is 5.75 Å². The Labute approximate surface area is 107 Å². The van der Waals surface area contributed by atoms with E-state index in [-0.39, 0.29) is 18.6 Å². The number of pyridine rings is 1. The highest BCUT2D eigenvalue weighted by molar-refractivity contribution is 5.40. The average molecular weight is 256 g/mol. The van der Waals surface area contributed by atoms with Crippen LogP contribution in [0.15, 0.2) is 6.20 Å². The Morgan fingerprint density at radius 2 is 2.06 bits per heavy atom. The van der Waals surface area contributed by atoms with Crippen molar-refractivity contribution in [1.82, 2.24) is 10.3 Å². The molecule has 0 aliphatic rings. The summed E-state index contributed by atoms with van der Waals surface area (Å²) in [5, 5.41) is 22.2. The van der Waals surface area contributed by atoms with Gasteiger partial charge in [-0.05, 0) is 6.92 Å². The summed E-state index contributed by atoms with van der Waals surface area (Å²) in [6, 6.07) is 0. The van der Waals surface area contributed by atoms with Gasteiger partial charge in [0.25, 0.3) is 0 Å². The van der Waals surface area contributed by atoms with Crippen LogP contribution in [-0.4, -0.2) is 42.3 Å². The molecule has 1 aromatic rings. The molecule has 6 nitrogen and oxygen atoms in total. The predicted octanol–water partition coefficient (Wildman–Crippen LogP) is 0.296. The molecule has 0 unspecified atom stereocenters. The van der Waals surface area contributed by atoms with Gasteiger partial charge in [-0.1, -0.05) is 0 Å². The van der Waals surface area contributed by atoms with E-state index in [1.54, 1.807) is 27.3 Å². The average Bonchev–Trinajstić information content (AvgIpc) is 2.39. The van der Waals surface area contributed by atoms with Crippen LogP contribution in [0.2, 0.25) is 0 Å². The summed E-state index contributed by atoms with van der Waals surface area (Å²) in [4.78, 5) is 4.00. The number of aromatic nitrogens is 1. The first-order chi connectivity index (χ1) is 8.63. The molecule has 0 spiro atoms. The molecule has 0 saturated heterocycles. The topological polar surface area (TPSA) is 83.8 Å². The highest BCUT2D eigenvalue weighted by Crippen LogP contribution is 2.23. The van der Waals surface area contributed by atoms with Gasteiger partial charge in [-0.25, -0.2) is 0 Å². The summed E-state index contributed by atoms with van der Waals surface area (Å²) in [6.07, 6.45) is 1.23. The van der Waals surface area contributed by atoms with E-state index in [4.69, 9.17) is 9.47 Å². The molecule has 0 aliphatic heterocycles. The zero-order chi connectivity index (χ0) is 13.5. The van der Waals surface area contributed by atoms with Gasteiger partial charge in [0, 0.05) is 44.6 Å². The Kier molecular flexibility index (Phi) is 6.00. The third kappa shape index (κ3) is 3.64. The molecule has 18 heavy (non-hydrogen) atoms. The quantitative estimate of drug-likeness (QED) is 0.608. The molecule has 3 N–H and O–H groups in total. The molecule has 1 heterocycles. The molecular formula is C12H20N2O4. The van der Waals surface area contributed by atoms with Crippen LogP contribution in [0.25, 0.3) is 0 Å². The Morgan fingerprint density at radius 1 is 1.39 bits per heavy atom. The Hall–Kier alpha value is -1.21. The molecule has 102 valence electrons. The molecule has 1 rings (SSSR count). The predicted molar refractivity (Wildman–Crippen MR) is 66.1 cm³/mol. The van der Waals surface area contributed by atoms with Crippen molar-refractivity contribution < 1.29 is 19.7 Å². The Balaban J connectivity index is 2.69. The van der Waals surface area contributed by atoms with Gasteiger partial charge in [-0.15, -0.1) is 0 Å². The molecule has 0 saturated carbocycles. The summed E-state index contributed by atoms with van der Waals surface area (Å²) in [7, 11) is 3.12. The molecule has 0 aliphatic carbocycles. The Bertz CT molecular complexity index is 381. The monoisotopic (exact) mass is 256 g/mol. The number of nitrogens with one attached hydrogen (secondary N) is 1. The van der Waals surface area contributed by atoms with Gasteiger partial charge >= 0.3 is 0 Å². The minimum absolute atomic E-state index is 0.112. The van der Waals surface area contributed by atoms with Gasteiger partial charge in [0.05, 0.1) is 12.3 Å². The van der Waals surface area contributed by atoms with E-state index in [0.717, 1.165) is 0 Å². The minimum Gasteiger partial charge on any atom is -0.506 e. The number of aryl methyl sites for hydroxylation is 1. The van der Waals surface area contributed by atoms with E-state index in [9.17, 15) is 10.2 Å². The summed E-state index contributed by atoms with van der Waals surface area (Å²) in [6.45, 7) is 2.45. The van der Waals surface area contributed by atoms with Crippen molar-refractivity contribution >= 4 is 0 Å². The van der Waals surface area contributed by atoms with Crippen LogP contribution in [-0.2, 0) is 22.6 Å². The largest absolute Gasteiger partial charge is 0.506 e. The molecule has 6 heteroatoms. The third-order valence-corrected chi connectivity index (χ3v) is 2.74. The van der Waals surface area contributed by atoms with Crippen molar-refractivity contribution in [2.75, 3.05) is 20.8 Å². The van der Waals surface area contributed by atoms with E-state index in [1.807, 2.05) is 0 Å². The molecule has 0 fully saturated rings. The van der Waals surface area contributed by atoms with Crippen molar-refractivity contribution in [3.63, 3.8) is 0 Å². The Morgan fingerprint density at radius 3 is 2.61 bits per heavy atom. The van der Waals surface area contributed by atoms with E-state index in [0.29, 0.717) is 29.9 Å². The summed E-state index contributed by atoms with van der Waals surface area (Å²) in [5.74, 6) is 0.112. The fourth-order valence-electron chi connectivity index (χ4n) is 1.60. The zero-order valence-corrected chi connectivity index (χ0v) is 10.9. The first kappa shape index (κ1) is 14.8. The van der Waals surface area contributed by atoms with E-state index in [2.05, 4.69) is 10.3 Å². The summed E-state index contributed by atoms with van der Waals surface area (Å²) in [5.41, 5.74) is 1.80. The molecular weight excluding hydrogens is 236 g/mol. The highest BCUT2D eigenvalue weighted by atomic mass is 16.7. The fraction of sp³-hybridized carbons (Fsp3) is 0.583. The van der Waals surface area contributed by atoms with Crippen molar-refractivity contribution in [2.24, 2.45) is 0 Å². The van der Waals surface area contributed by atoms with Crippen LogP contribution < -0.4 is 5.32 Å². The van der Waals surface area contributed by atoms with E-state index in [1.165, 1.54) is 0 Å². The van der Waals surface area contributed by atoms with Gasteiger partial charge in [0.15, 0.2) is 6.29 Å². The van der Waals surface area contributed by atoms with E-state index < -0.39 is 0 Å².